The van der Waals surface area contributed by atoms with Gasteiger partial charge in [-0.15, -0.1) is 0 Å². The molecule has 1 aliphatic heterocycles. The summed E-state index contributed by atoms with van der Waals surface area (Å²) in [6.07, 6.45) is 3.42. The molecule has 0 fully saturated rings. The SMILES string of the molecule is COc1cc(N2C(=O)C3=C(CCCC3)C2=O)ccc1C. The first-order chi connectivity index (χ1) is 9.63. The topological polar surface area (TPSA) is 46.6 Å². The number of methoxy groups -OCH3 is 1. The molecule has 1 aromatic rings. The standard InChI is InChI=1S/C16H17NO3/c1-10-7-8-11(9-14(10)20-2)17-15(18)12-5-3-4-6-13(12)16(17)19/h7-9H,3-6H2,1-2H3. The van der Waals surface area contributed by atoms with Crippen LogP contribution in [0.5, 0.6) is 5.75 Å². The van der Waals surface area contributed by atoms with Gasteiger partial charge in [-0.05, 0) is 44.2 Å². The molecular formula is C16H17NO3. The van der Waals surface area contributed by atoms with E-state index in [1.165, 1.54) is 4.90 Å². The smallest absolute Gasteiger partial charge is 0.261 e. The molecule has 3 rings (SSSR count). The fourth-order valence-electron chi connectivity index (χ4n) is 2.92. The highest BCUT2D eigenvalue weighted by Gasteiger charge is 2.39. The van der Waals surface area contributed by atoms with Crippen molar-refractivity contribution in [2.24, 2.45) is 0 Å². The third-order valence-electron chi connectivity index (χ3n) is 4.04. The molecule has 0 bridgehead atoms. The first-order valence-electron chi connectivity index (χ1n) is 6.89. The number of carbonyl (C=O) groups is 2. The van der Waals surface area contributed by atoms with Gasteiger partial charge in [-0.3, -0.25) is 9.59 Å². The quantitative estimate of drug-likeness (QED) is 0.777. The van der Waals surface area contributed by atoms with E-state index >= 15 is 0 Å². The second-order valence-corrected chi connectivity index (χ2v) is 5.26. The zero-order valence-corrected chi connectivity index (χ0v) is 11.7. The zero-order valence-electron chi connectivity index (χ0n) is 11.7. The van der Waals surface area contributed by atoms with Gasteiger partial charge in [-0.25, -0.2) is 4.90 Å². The molecule has 1 aliphatic carbocycles. The van der Waals surface area contributed by atoms with Crippen molar-refractivity contribution in [1.82, 2.24) is 0 Å². The van der Waals surface area contributed by atoms with Gasteiger partial charge >= 0.3 is 0 Å². The molecule has 2 aliphatic rings. The number of hydrogen-bond acceptors (Lipinski definition) is 3. The van der Waals surface area contributed by atoms with Gasteiger partial charge < -0.3 is 4.74 Å². The van der Waals surface area contributed by atoms with E-state index < -0.39 is 0 Å². The highest BCUT2D eigenvalue weighted by atomic mass is 16.5. The zero-order chi connectivity index (χ0) is 14.3. The largest absolute Gasteiger partial charge is 0.496 e. The number of rotatable bonds is 2. The fourth-order valence-corrected chi connectivity index (χ4v) is 2.92. The minimum atomic E-state index is -0.157. The molecular weight excluding hydrogens is 254 g/mol. The summed E-state index contributed by atoms with van der Waals surface area (Å²) in [5.41, 5.74) is 2.99. The van der Waals surface area contributed by atoms with Gasteiger partial charge in [0.05, 0.1) is 12.8 Å². The molecule has 0 spiro atoms. The van der Waals surface area contributed by atoms with Crippen LogP contribution in [0.2, 0.25) is 0 Å². The van der Waals surface area contributed by atoms with Crippen molar-refractivity contribution < 1.29 is 14.3 Å². The van der Waals surface area contributed by atoms with E-state index in [1.54, 1.807) is 19.2 Å². The van der Waals surface area contributed by atoms with E-state index in [1.807, 2.05) is 13.0 Å². The van der Waals surface area contributed by atoms with Gasteiger partial charge in [-0.1, -0.05) is 6.07 Å². The molecule has 0 unspecified atom stereocenters. The summed E-state index contributed by atoms with van der Waals surface area (Å²) in [4.78, 5) is 26.2. The minimum absolute atomic E-state index is 0.157. The number of anilines is 1. The van der Waals surface area contributed by atoms with E-state index in [2.05, 4.69) is 0 Å². The maximum absolute atomic E-state index is 12.4. The van der Waals surface area contributed by atoms with Gasteiger partial charge in [0.1, 0.15) is 5.75 Å². The molecule has 0 saturated carbocycles. The number of nitrogens with zero attached hydrogens (tertiary/aromatic N) is 1. The molecule has 0 atom stereocenters. The lowest BCUT2D eigenvalue weighted by molar-refractivity contribution is -0.120. The van der Waals surface area contributed by atoms with Gasteiger partial charge in [0.15, 0.2) is 0 Å². The van der Waals surface area contributed by atoms with Crippen LogP contribution in [0.25, 0.3) is 0 Å². The monoisotopic (exact) mass is 271 g/mol. The van der Waals surface area contributed by atoms with Gasteiger partial charge in [0, 0.05) is 17.2 Å². The molecule has 0 N–H and O–H groups in total. The van der Waals surface area contributed by atoms with Crippen molar-refractivity contribution in [2.45, 2.75) is 32.6 Å². The Morgan fingerprint density at radius 3 is 2.20 bits per heavy atom. The van der Waals surface area contributed by atoms with Crippen LogP contribution in [-0.4, -0.2) is 18.9 Å². The Balaban J connectivity index is 2.00. The first-order valence-corrected chi connectivity index (χ1v) is 6.89. The van der Waals surface area contributed by atoms with Crippen molar-refractivity contribution >= 4 is 17.5 Å². The Bertz CT molecular complexity index is 603. The second-order valence-electron chi connectivity index (χ2n) is 5.26. The Morgan fingerprint density at radius 1 is 1.05 bits per heavy atom. The summed E-state index contributed by atoms with van der Waals surface area (Å²) in [5, 5.41) is 0. The van der Waals surface area contributed by atoms with Crippen LogP contribution in [0.4, 0.5) is 5.69 Å². The van der Waals surface area contributed by atoms with E-state index in [4.69, 9.17) is 4.74 Å². The predicted octanol–water partition coefficient (Wildman–Crippen LogP) is 2.75. The summed E-state index contributed by atoms with van der Waals surface area (Å²) in [7, 11) is 1.59. The predicted molar refractivity (Wildman–Crippen MR) is 75.7 cm³/mol. The number of amides is 2. The van der Waals surface area contributed by atoms with Gasteiger partial charge in [0.25, 0.3) is 11.8 Å². The molecule has 1 aromatic carbocycles. The lowest BCUT2D eigenvalue weighted by atomic mass is 9.93. The molecule has 4 heteroatoms. The third-order valence-corrected chi connectivity index (χ3v) is 4.04. The van der Waals surface area contributed by atoms with E-state index in [0.717, 1.165) is 31.2 Å². The fraction of sp³-hybridized carbons (Fsp3) is 0.375. The second kappa shape index (κ2) is 4.78. The van der Waals surface area contributed by atoms with Crippen LogP contribution in [0, 0.1) is 6.92 Å². The minimum Gasteiger partial charge on any atom is -0.496 e. The number of imide groups is 1. The Labute approximate surface area is 118 Å². The first kappa shape index (κ1) is 12.9. The van der Waals surface area contributed by atoms with Crippen LogP contribution in [0.3, 0.4) is 0 Å². The molecule has 104 valence electrons. The molecule has 4 nitrogen and oxygen atoms in total. The maximum atomic E-state index is 12.4. The summed E-state index contributed by atoms with van der Waals surface area (Å²) in [6, 6.07) is 5.42. The van der Waals surface area contributed by atoms with E-state index in [9.17, 15) is 9.59 Å². The lowest BCUT2D eigenvalue weighted by Crippen LogP contribution is -2.31. The highest BCUT2D eigenvalue weighted by Crippen LogP contribution is 2.36. The van der Waals surface area contributed by atoms with Crippen molar-refractivity contribution in [2.75, 3.05) is 12.0 Å². The summed E-state index contributed by atoms with van der Waals surface area (Å²) < 4.78 is 5.27. The average Bonchev–Trinajstić information content (AvgIpc) is 2.72. The number of aryl methyl sites for hydroxylation is 1. The average molecular weight is 271 g/mol. The molecule has 0 radical (unpaired) electrons. The Hall–Kier alpha value is -2.10. The number of ether oxygens (including phenoxy) is 1. The summed E-state index contributed by atoms with van der Waals surface area (Å²) >= 11 is 0. The summed E-state index contributed by atoms with van der Waals surface area (Å²) in [5.74, 6) is 0.374. The van der Waals surface area contributed by atoms with Crippen LogP contribution in [0.15, 0.2) is 29.3 Å². The van der Waals surface area contributed by atoms with Crippen LogP contribution < -0.4 is 9.64 Å². The number of hydrogen-bond donors (Lipinski definition) is 0. The Morgan fingerprint density at radius 2 is 1.65 bits per heavy atom. The van der Waals surface area contributed by atoms with Crippen LogP contribution >= 0.6 is 0 Å². The Kier molecular flexibility index (Phi) is 3.08. The van der Waals surface area contributed by atoms with Crippen molar-refractivity contribution in [3.63, 3.8) is 0 Å². The van der Waals surface area contributed by atoms with Crippen molar-refractivity contribution in [3.8, 4) is 5.75 Å². The normalized spacial score (nSPS) is 18.6. The van der Waals surface area contributed by atoms with Gasteiger partial charge in [0.2, 0.25) is 0 Å². The van der Waals surface area contributed by atoms with Crippen LogP contribution in [-0.2, 0) is 9.59 Å². The van der Waals surface area contributed by atoms with Gasteiger partial charge in [-0.2, -0.15) is 0 Å². The maximum Gasteiger partial charge on any atom is 0.261 e. The van der Waals surface area contributed by atoms with Crippen LogP contribution in [0.1, 0.15) is 31.2 Å². The van der Waals surface area contributed by atoms with Crippen molar-refractivity contribution in [1.29, 1.82) is 0 Å². The van der Waals surface area contributed by atoms with E-state index in [0.29, 0.717) is 22.6 Å². The number of carbonyl (C=O) groups excluding carboxylic acids is 2. The molecule has 1 heterocycles. The molecule has 0 aromatic heterocycles. The lowest BCUT2D eigenvalue weighted by Gasteiger charge is -2.16. The third kappa shape index (κ3) is 1.83. The molecule has 2 amide bonds. The van der Waals surface area contributed by atoms with Crippen molar-refractivity contribution in [3.05, 3.63) is 34.9 Å². The molecule has 0 saturated heterocycles. The summed E-state index contributed by atoms with van der Waals surface area (Å²) in [6.45, 7) is 1.93. The number of benzene rings is 1. The molecule has 20 heavy (non-hydrogen) atoms. The van der Waals surface area contributed by atoms with E-state index in [-0.39, 0.29) is 11.8 Å². The highest BCUT2D eigenvalue weighted by molar-refractivity contribution is 6.33.